The van der Waals surface area contributed by atoms with E-state index in [0.29, 0.717) is 16.9 Å². The highest BCUT2D eigenvalue weighted by atomic mass is 16.3. The third-order valence-corrected chi connectivity index (χ3v) is 3.95. The summed E-state index contributed by atoms with van der Waals surface area (Å²) in [4.78, 5) is 17.5. The smallest absolute Gasteiger partial charge is 0.199 e. The minimum atomic E-state index is 0.0251. The van der Waals surface area contributed by atoms with Crippen molar-refractivity contribution in [1.82, 2.24) is 9.97 Å². The van der Waals surface area contributed by atoms with Gasteiger partial charge in [-0.3, -0.25) is 0 Å². The first-order chi connectivity index (χ1) is 10.7. The maximum Gasteiger partial charge on any atom is 0.199 e. The van der Waals surface area contributed by atoms with E-state index in [0.717, 1.165) is 27.4 Å². The molecule has 4 rings (SSSR count). The predicted molar refractivity (Wildman–Crippen MR) is 87.4 cm³/mol. The van der Waals surface area contributed by atoms with Gasteiger partial charge in [0.15, 0.2) is 5.88 Å². The maximum absolute atomic E-state index is 11.3. The number of hydrogen-bond donors (Lipinski definition) is 3. The van der Waals surface area contributed by atoms with E-state index in [2.05, 4.69) is 15.1 Å². The molecule has 0 amide bonds. The second-order valence-corrected chi connectivity index (χ2v) is 5.38. The number of rotatable bonds is 2. The zero-order valence-electron chi connectivity index (χ0n) is 11.8. The maximum atomic E-state index is 11.3. The Balaban J connectivity index is 2.11. The molecule has 2 aromatic heterocycles. The van der Waals surface area contributed by atoms with Crippen LogP contribution in [0, 0.1) is 11.8 Å². The quantitative estimate of drug-likeness (QED) is 0.467. The number of nitrogens with zero attached hydrogens (tertiary/aromatic N) is 1. The number of nitrogens with one attached hydrogen (secondary N) is 2. The van der Waals surface area contributed by atoms with Gasteiger partial charge in [-0.15, -0.1) is 4.91 Å². The van der Waals surface area contributed by atoms with Crippen LogP contribution in [0.3, 0.4) is 0 Å². The molecule has 2 aromatic carbocycles. The van der Waals surface area contributed by atoms with Crippen molar-refractivity contribution in [2.75, 3.05) is 0 Å². The fraction of sp³-hybridized carbons (Fsp3) is 0.0588. The summed E-state index contributed by atoms with van der Waals surface area (Å²) in [6.45, 7) is 1.98. The fourth-order valence-corrected chi connectivity index (χ4v) is 2.95. The van der Waals surface area contributed by atoms with E-state index in [1.165, 1.54) is 0 Å². The molecule has 22 heavy (non-hydrogen) atoms. The number of aromatic hydroxyl groups is 1. The van der Waals surface area contributed by atoms with Crippen molar-refractivity contribution in [3.8, 4) is 17.1 Å². The normalized spacial score (nSPS) is 11.3. The van der Waals surface area contributed by atoms with Gasteiger partial charge in [-0.05, 0) is 29.8 Å². The lowest BCUT2D eigenvalue weighted by Crippen LogP contribution is -1.77. The molecule has 0 aliphatic heterocycles. The van der Waals surface area contributed by atoms with Gasteiger partial charge < -0.3 is 15.1 Å². The van der Waals surface area contributed by atoms with Gasteiger partial charge in [-0.2, -0.15) is 0 Å². The summed E-state index contributed by atoms with van der Waals surface area (Å²) in [6, 6.07) is 13.3. The summed E-state index contributed by atoms with van der Waals surface area (Å²) in [5.74, 6) is 0.0251. The Hall–Kier alpha value is -3.08. The summed E-state index contributed by atoms with van der Waals surface area (Å²) in [7, 11) is 0. The SMILES string of the molecule is Cc1ccc2c(-c3[nH]c4ccccc4c3N=O)c(O)[nH]c2c1. The third-order valence-electron chi connectivity index (χ3n) is 3.95. The van der Waals surface area contributed by atoms with E-state index in [1.54, 1.807) is 0 Å². The molecule has 0 saturated carbocycles. The minimum absolute atomic E-state index is 0.0251. The van der Waals surface area contributed by atoms with E-state index >= 15 is 0 Å². The van der Waals surface area contributed by atoms with Crippen molar-refractivity contribution in [3.05, 3.63) is 52.9 Å². The van der Waals surface area contributed by atoms with Crippen molar-refractivity contribution >= 4 is 27.5 Å². The van der Waals surface area contributed by atoms with Crippen LogP contribution in [0.5, 0.6) is 5.88 Å². The molecule has 0 aliphatic rings. The molecule has 3 N–H and O–H groups in total. The van der Waals surface area contributed by atoms with Crippen LogP contribution < -0.4 is 0 Å². The third kappa shape index (κ3) is 1.65. The number of aryl methyl sites for hydroxylation is 1. The molecule has 0 saturated heterocycles. The topological polar surface area (TPSA) is 81.2 Å². The van der Waals surface area contributed by atoms with Crippen molar-refractivity contribution in [2.24, 2.45) is 5.18 Å². The Morgan fingerprint density at radius 2 is 1.82 bits per heavy atom. The highest BCUT2D eigenvalue weighted by Gasteiger charge is 2.20. The van der Waals surface area contributed by atoms with Crippen molar-refractivity contribution < 1.29 is 5.11 Å². The molecule has 0 fully saturated rings. The lowest BCUT2D eigenvalue weighted by Gasteiger charge is -1.99. The van der Waals surface area contributed by atoms with Crippen LogP contribution >= 0.6 is 0 Å². The highest BCUT2D eigenvalue weighted by Crippen LogP contribution is 2.44. The largest absolute Gasteiger partial charge is 0.494 e. The molecule has 5 heteroatoms. The zero-order chi connectivity index (χ0) is 15.3. The van der Waals surface area contributed by atoms with Gasteiger partial charge in [0.25, 0.3) is 0 Å². The number of aromatic amines is 2. The second kappa shape index (κ2) is 4.46. The highest BCUT2D eigenvalue weighted by molar-refractivity contribution is 6.07. The first kappa shape index (κ1) is 12.6. The molecule has 0 unspecified atom stereocenters. The van der Waals surface area contributed by atoms with Gasteiger partial charge in [0.05, 0.1) is 11.3 Å². The number of H-pyrrole nitrogens is 2. The molecule has 0 spiro atoms. The van der Waals surface area contributed by atoms with Crippen molar-refractivity contribution in [1.29, 1.82) is 0 Å². The minimum Gasteiger partial charge on any atom is -0.494 e. The van der Waals surface area contributed by atoms with Crippen LogP contribution in [-0.2, 0) is 0 Å². The Morgan fingerprint density at radius 1 is 1.00 bits per heavy atom. The van der Waals surface area contributed by atoms with Crippen LogP contribution in [-0.4, -0.2) is 15.1 Å². The standard InChI is InChI=1S/C17H13N3O2/c1-9-6-7-10-13(8-9)19-17(21)14(10)16-15(20-22)11-4-2-3-5-12(11)18-16/h2-8,18-19,21H,1H3. The predicted octanol–water partition coefficient (Wildman–Crippen LogP) is 4.73. The molecule has 0 bridgehead atoms. The molecule has 2 heterocycles. The average Bonchev–Trinajstić information content (AvgIpc) is 3.02. The molecule has 4 aromatic rings. The lowest BCUT2D eigenvalue weighted by molar-refractivity contribution is 0.460. The Labute approximate surface area is 125 Å². The second-order valence-electron chi connectivity index (χ2n) is 5.38. The van der Waals surface area contributed by atoms with E-state index in [9.17, 15) is 10.0 Å². The van der Waals surface area contributed by atoms with Crippen LogP contribution in [0.1, 0.15) is 5.56 Å². The van der Waals surface area contributed by atoms with Gasteiger partial charge in [0, 0.05) is 21.8 Å². The van der Waals surface area contributed by atoms with Crippen molar-refractivity contribution in [3.63, 3.8) is 0 Å². The van der Waals surface area contributed by atoms with Gasteiger partial charge in [0.2, 0.25) is 0 Å². The summed E-state index contributed by atoms with van der Waals surface area (Å²) in [5, 5.41) is 15.1. The van der Waals surface area contributed by atoms with Gasteiger partial charge in [0.1, 0.15) is 5.69 Å². The first-order valence-corrected chi connectivity index (χ1v) is 6.95. The Bertz CT molecular complexity index is 1030. The van der Waals surface area contributed by atoms with Crippen LogP contribution in [0.15, 0.2) is 47.6 Å². The zero-order valence-corrected chi connectivity index (χ0v) is 11.8. The lowest BCUT2D eigenvalue weighted by atomic mass is 10.1. The average molecular weight is 291 g/mol. The molecule has 0 aliphatic carbocycles. The van der Waals surface area contributed by atoms with Gasteiger partial charge in [-0.1, -0.05) is 30.3 Å². The molecular weight excluding hydrogens is 278 g/mol. The molecule has 0 radical (unpaired) electrons. The number of benzene rings is 2. The monoisotopic (exact) mass is 291 g/mol. The number of para-hydroxylation sites is 1. The summed E-state index contributed by atoms with van der Waals surface area (Å²) in [5.41, 5.74) is 4.14. The number of aromatic nitrogens is 2. The van der Waals surface area contributed by atoms with Crippen LogP contribution in [0.25, 0.3) is 33.1 Å². The number of hydrogen-bond acceptors (Lipinski definition) is 3. The van der Waals surface area contributed by atoms with Crippen molar-refractivity contribution in [2.45, 2.75) is 6.92 Å². The number of fused-ring (bicyclic) bond motifs is 2. The summed E-state index contributed by atoms with van der Waals surface area (Å²) in [6.07, 6.45) is 0. The summed E-state index contributed by atoms with van der Waals surface area (Å²) < 4.78 is 0. The van der Waals surface area contributed by atoms with Gasteiger partial charge in [-0.25, -0.2) is 0 Å². The van der Waals surface area contributed by atoms with Crippen LogP contribution in [0.4, 0.5) is 5.69 Å². The Kier molecular flexibility index (Phi) is 2.56. The summed E-state index contributed by atoms with van der Waals surface area (Å²) >= 11 is 0. The fourth-order valence-electron chi connectivity index (χ4n) is 2.95. The molecule has 108 valence electrons. The Morgan fingerprint density at radius 3 is 2.64 bits per heavy atom. The number of nitroso groups, excluding NO2 is 1. The van der Waals surface area contributed by atoms with E-state index < -0.39 is 0 Å². The van der Waals surface area contributed by atoms with Gasteiger partial charge >= 0.3 is 0 Å². The molecule has 0 atom stereocenters. The van der Waals surface area contributed by atoms with E-state index in [4.69, 9.17) is 0 Å². The van der Waals surface area contributed by atoms with E-state index in [1.807, 2.05) is 49.4 Å². The van der Waals surface area contributed by atoms with E-state index in [-0.39, 0.29) is 5.88 Å². The molecular formula is C17H13N3O2. The van der Waals surface area contributed by atoms with Crippen LogP contribution in [0.2, 0.25) is 0 Å². The first-order valence-electron chi connectivity index (χ1n) is 6.95. The molecule has 5 nitrogen and oxygen atoms in total.